The number of hydrogen-bond donors (Lipinski definition) is 2. The molecule has 0 fully saturated rings. The van der Waals surface area contributed by atoms with Crippen molar-refractivity contribution in [2.24, 2.45) is 5.73 Å². The molecule has 100 valence electrons. The molecular formula is C14H19N5. The smallest absolute Gasteiger partial charge is 0.243 e. The molecule has 0 aliphatic heterocycles. The predicted octanol–water partition coefficient (Wildman–Crippen LogP) is 2.12. The van der Waals surface area contributed by atoms with Crippen LogP contribution in [0.3, 0.4) is 0 Å². The first-order chi connectivity index (χ1) is 9.10. The molecule has 0 radical (unpaired) electrons. The number of nitrogens with zero attached hydrogens (tertiary/aromatic N) is 3. The van der Waals surface area contributed by atoms with Crippen LogP contribution in [0.1, 0.15) is 35.5 Å². The summed E-state index contributed by atoms with van der Waals surface area (Å²) in [7, 11) is 0. The van der Waals surface area contributed by atoms with Gasteiger partial charge in [0.25, 0.3) is 0 Å². The van der Waals surface area contributed by atoms with Crippen LogP contribution in [-0.2, 0) is 6.54 Å². The number of nitrogens with one attached hydrogen (secondary N) is 1. The molecule has 0 aliphatic carbocycles. The lowest BCUT2D eigenvalue weighted by Crippen LogP contribution is -2.11. The van der Waals surface area contributed by atoms with Crippen LogP contribution >= 0.6 is 0 Å². The first kappa shape index (κ1) is 13.4. The minimum atomic E-state index is 0.121. The first-order valence-corrected chi connectivity index (χ1v) is 6.33. The van der Waals surface area contributed by atoms with Crippen LogP contribution in [0.15, 0.2) is 24.3 Å². The van der Waals surface area contributed by atoms with Crippen molar-refractivity contribution in [1.29, 1.82) is 0 Å². The minimum Gasteiger partial charge on any atom is -0.346 e. The standard InChI is InChI=1S/C14H19N5/c1-9-10(2)18-19-14(16-9)17-11(3)13-6-4-12(8-15)5-7-13/h4-7,11H,8,15H2,1-3H3,(H,16,17,19). The fraction of sp³-hybridized carbons (Fsp3) is 0.357. The highest BCUT2D eigenvalue weighted by atomic mass is 15.2. The van der Waals surface area contributed by atoms with Gasteiger partial charge < -0.3 is 11.1 Å². The Labute approximate surface area is 113 Å². The van der Waals surface area contributed by atoms with Crippen molar-refractivity contribution in [2.45, 2.75) is 33.4 Å². The van der Waals surface area contributed by atoms with Crippen LogP contribution in [0.5, 0.6) is 0 Å². The molecule has 5 heteroatoms. The summed E-state index contributed by atoms with van der Waals surface area (Å²) in [5.74, 6) is 0.554. The van der Waals surface area contributed by atoms with Crippen molar-refractivity contribution in [3.05, 3.63) is 46.8 Å². The molecule has 5 nitrogen and oxygen atoms in total. The summed E-state index contributed by atoms with van der Waals surface area (Å²) < 4.78 is 0. The molecule has 1 aromatic carbocycles. The van der Waals surface area contributed by atoms with Gasteiger partial charge in [0.15, 0.2) is 0 Å². The molecule has 0 saturated carbocycles. The summed E-state index contributed by atoms with van der Waals surface area (Å²) in [4.78, 5) is 4.37. The zero-order valence-electron chi connectivity index (χ0n) is 11.5. The van der Waals surface area contributed by atoms with E-state index in [1.54, 1.807) is 0 Å². The second kappa shape index (κ2) is 5.75. The van der Waals surface area contributed by atoms with E-state index in [9.17, 15) is 0 Å². The van der Waals surface area contributed by atoms with E-state index >= 15 is 0 Å². The number of aromatic nitrogens is 3. The predicted molar refractivity (Wildman–Crippen MR) is 75.7 cm³/mol. The third kappa shape index (κ3) is 3.26. The molecule has 1 atom stereocenters. The molecule has 3 N–H and O–H groups in total. The topological polar surface area (TPSA) is 76.7 Å². The molecular weight excluding hydrogens is 238 g/mol. The van der Waals surface area contributed by atoms with Gasteiger partial charge in [-0.25, -0.2) is 4.98 Å². The maximum absolute atomic E-state index is 5.59. The molecule has 1 unspecified atom stereocenters. The Kier molecular flexibility index (Phi) is 4.06. The molecule has 19 heavy (non-hydrogen) atoms. The van der Waals surface area contributed by atoms with Gasteiger partial charge in [0, 0.05) is 6.54 Å². The van der Waals surface area contributed by atoms with Crippen molar-refractivity contribution in [3.8, 4) is 0 Å². The zero-order valence-corrected chi connectivity index (χ0v) is 11.5. The lowest BCUT2D eigenvalue weighted by Gasteiger charge is -2.14. The molecule has 0 saturated heterocycles. The Hall–Kier alpha value is -2.01. The number of benzene rings is 1. The summed E-state index contributed by atoms with van der Waals surface area (Å²) in [5.41, 5.74) is 9.62. The van der Waals surface area contributed by atoms with Crippen molar-refractivity contribution in [1.82, 2.24) is 15.2 Å². The fourth-order valence-electron chi connectivity index (χ4n) is 1.74. The van der Waals surface area contributed by atoms with E-state index in [4.69, 9.17) is 5.73 Å². The minimum absolute atomic E-state index is 0.121. The van der Waals surface area contributed by atoms with E-state index < -0.39 is 0 Å². The average Bonchev–Trinajstić information content (AvgIpc) is 2.43. The number of nitrogens with two attached hydrogens (primary N) is 1. The largest absolute Gasteiger partial charge is 0.346 e. The van der Waals surface area contributed by atoms with Gasteiger partial charge in [0.2, 0.25) is 5.95 Å². The maximum Gasteiger partial charge on any atom is 0.243 e. The molecule has 0 bridgehead atoms. The molecule has 2 aromatic rings. The lowest BCUT2D eigenvalue weighted by molar-refractivity contribution is 0.820. The Morgan fingerprint density at radius 1 is 1.11 bits per heavy atom. The highest BCUT2D eigenvalue weighted by Crippen LogP contribution is 2.17. The van der Waals surface area contributed by atoms with Gasteiger partial charge in [0.1, 0.15) is 0 Å². The third-order valence-corrected chi connectivity index (χ3v) is 3.15. The van der Waals surface area contributed by atoms with Crippen molar-refractivity contribution < 1.29 is 0 Å². The number of rotatable bonds is 4. The van der Waals surface area contributed by atoms with Gasteiger partial charge in [-0.05, 0) is 31.9 Å². The number of hydrogen-bond acceptors (Lipinski definition) is 5. The normalized spacial score (nSPS) is 12.2. The van der Waals surface area contributed by atoms with Gasteiger partial charge >= 0.3 is 0 Å². The lowest BCUT2D eigenvalue weighted by atomic mass is 10.1. The van der Waals surface area contributed by atoms with Crippen LogP contribution in [-0.4, -0.2) is 15.2 Å². The molecule has 1 aromatic heterocycles. The van der Waals surface area contributed by atoms with Crippen molar-refractivity contribution in [3.63, 3.8) is 0 Å². The summed E-state index contributed by atoms with van der Waals surface area (Å²) in [6, 6.07) is 8.32. The van der Waals surface area contributed by atoms with E-state index in [-0.39, 0.29) is 6.04 Å². The highest BCUT2D eigenvalue weighted by Gasteiger charge is 2.08. The van der Waals surface area contributed by atoms with E-state index in [2.05, 4.69) is 39.6 Å². The summed E-state index contributed by atoms with van der Waals surface area (Å²) in [6.45, 7) is 6.45. The van der Waals surface area contributed by atoms with Crippen LogP contribution in [0, 0.1) is 13.8 Å². The van der Waals surface area contributed by atoms with Gasteiger partial charge in [-0.2, -0.15) is 5.10 Å². The van der Waals surface area contributed by atoms with E-state index in [1.807, 2.05) is 26.0 Å². The monoisotopic (exact) mass is 257 g/mol. The van der Waals surface area contributed by atoms with Gasteiger partial charge in [-0.15, -0.1) is 5.10 Å². The molecule has 0 aliphatic rings. The van der Waals surface area contributed by atoms with Gasteiger partial charge in [0.05, 0.1) is 17.4 Å². The van der Waals surface area contributed by atoms with Crippen LogP contribution in [0.2, 0.25) is 0 Å². The van der Waals surface area contributed by atoms with E-state index in [0.717, 1.165) is 17.0 Å². The maximum atomic E-state index is 5.59. The zero-order chi connectivity index (χ0) is 13.8. The molecule has 0 spiro atoms. The molecule has 1 heterocycles. The number of anilines is 1. The fourth-order valence-corrected chi connectivity index (χ4v) is 1.74. The first-order valence-electron chi connectivity index (χ1n) is 6.33. The Bertz CT molecular complexity index is 550. The van der Waals surface area contributed by atoms with E-state index in [0.29, 0.717) is 12.5 Å². The van der Waals surface area contributed by atoms with Gasteiger partial charge in [-0.1, -0.05) is 24.3 Å². The second-order valence-corrected chi connectivity index (χ2v) is 4.62. The summed E-state index contributed by atoms with van der Waals surface area (Å²) in [6.07, 6.45) is 0. The third-order valence-electron chi connectivity index (χ3n) is 3.15. The van der Waals surface area contributed by atoms with Crippen LogP contribution < -0.4 is 11.1 Å². The average molecular weight is 257 g/mol. The summed E-state index contributed by atoms with van der Waals surface area (Å²) >= 11 is 0. The van der Waals surface area contributed by atoms with Crippen LogP contribution in [0.4, 0.5) is 5.95 Å². The Balaban J connectivity index is 2.10. The van der Waals surface area contributed by atoms with Crippen LogP contribution in [0.25, 0.3) is 0 Å². The Morgan fingerprint density at radius 3 is 2.37 bits per heavy atom. The van der Waals surface area contributed by atoms with E-state index in [1.165, 1.54) is 5.56 Å². The van der Waals surface area contributed by atoms with Gasteiger partial charge in [-0.3, -0.25) is 0 Å². The SMILES string of the molecule is Cc1nnc(NC(C)c2ccc(CN)cc2)nc1C. The van der Waals surface area contributed by atoms with Crippen molar-refractivity contribution in [2.75, 3.05) is 5.32 Å². The quantitative estimate of drug-likeness (QED) is 0.877. The summed E-state index contributed by atoms with van der Waals surface area (Å²) in [5, 5.41) is 11.4. The highest BCUT2D eigenvalue weighted by molar-refractivity contribution is 5.33. The number of aryl methyl sites for hydroxylation is 2. The molecule has 2 rings (SSSR count). The Morgan fingerprint density at radius 2 is 1.79 bits per heavy atom. The molecule has 0 amide bonds. The van der Waals surface area contributed by atoms with Crippen molar-refractivity contribution >= 4 is 5.95 Å². The second-order valence-electron chi connectivity index (χ2n) is 4.62.